The number of nitrogens with zero attached hydrogens (tertiary/aromatic N) is 1. The molecule has 20 heavy (non-hydrogen) atoms. The summed E-state index contributed by atoms with van der Waals surface area (Å²) in [6, 6.07) is 4.79. The molecular formula is C15H22FN3O. The normalized spacial score (nSPS) is 20.7. The molecule has 1 aliphatic rings. The van der Waals surface area contributed by atoms with Crippen molar-refractivity contribution in [2.75, 3.05) is 24.5 Å². The van der Waals surface area contributed by atoms with Crippen molar-refractivity contribution in [2.45, 2.75) is 32.9 Å². The van der Waals surface area contributed by atoms with E-state index in [2.05, 4.69) is 10.6 Å². The molecule has 0 saturated carbocycles. The molecule has 4 nitrogen and oxygen atoms in total. The van der Waals surface area contributed by atoms with Crippen molar-refractivity contribution in [1.82, 2.24) is 10.6 Å². The second-order valence-electron chi connectivity index (χ2n) is 5.12. The number of para-hydroxylation sites is 1. The van der Waals surface area contributed by atoms with Gasteiger partial charge in [-0.25, -0.2) is 4.39 Å². The molecule has 0 aliphatic carbocycles. The lowest BCUT2D eigenvalue weighted by Crippen LogP contribution is -2.54. The molecule has 1 amide bonds. The molecule has 1 fully saturated rings. The van der Waals surface area contributed by atoms with Crippen LogP contribution in [0.25, 0.3) is 0 Å². The predicted molar refractivity (Wildman–Crippen MR) is 78.3 cm³/mol. The lowest BCUT2D eigenvalue weighted by Gasteiger charge is -2.37. The van der Waals surface area contributed by atoms with Crippen LogP contribution in [0.4, 0.5) is 10.1 Å². The van der Waals surface area contributed by atoms with Crippen LogP contribution >= 0.6 is 0 Å². The number of piperazine rings is 1. The van der Waals surface area contributed by atoms with Crippen LogP contribution in [0, 0.1) is 5.82 Å². The highest BCUT2D eigenvalue weighted by molar-refractivity contribution is 5.86. The molecule has 0 aromatic heterocycles. The van der Waals surface area contributed by atoms with Crippen LogP contribution in [0.15, 0.2) is 18.2 Å². The fraction of sp³-hybridized carbons (Fsp3) is 0.533. The maximum absolute atomic E-state index is 14.3. The van der Waals surface area contributed by atoms with Crippen LogP contribution in [0.1, 0.15) is 32.4 Å². The summed E-state index contributed by atoms with van der Waals surface area (Å²) >= 11 is 0. The minimum absolute atomic E-state index is 0.0443. The first-order valence-corrected chi connectivity index (χ1v) is 7.12. The molecule has 1 aromatic rings. The number of benzene rings is 1. The molecule has 1 aromatic carbocycles. The maximum Gasteiger partial charge on any atom is 0.242 e. The van der Waals surface area contributed by atoms with Gasteiger partial charge in [0, 0.05) is 19.1 Å². The molecule has 1 heterocycles. The Hall–Kier alpha value is -1.62. The van der Waals surface area contributed by atoms with Gasteiger partial charge in [-0.3, -0.25) is 4.79 Å². The Balaban J connectivity index is 2.41. The number of nitrogens with one attached hydrogen (secondary N) is 2. The van der Waals surface area contributed by atoms with Gasteiger partial charge in [0.2, 0.25) is 5.91 Å². The van der Waals surface area contributed by atoms with Gasteiger partial charge in [0.15, 0.2) is 0 Å². The summed E-state index contributed by atoms with van der Waals surface area (Å²) in [5, 5.41) is 6.11. The molecular weight excluding hydrogens is 257 g/mol. The van der Waals surface area contributed by atoms with Crippen molar-refractivity contribution in [3.05, 3.63) is 29.6 Å². The summed E-state index contributed by atoms with van der Waals surface area (Å²) < 4.78 is 14.3. The van der Waals surface area contributed by atoms with Crippen LogP contribution in [-0.2, 0) is 4.79 Å². The van der Waals surface area contributed by atoms with Crippen LogP contribution in [-0.4, -0.2) is 31.6 Å². The third-order valence-corrected chi connectivity index (χ3v) is 3.78. The van der Waals surface area contributed by atoms with E-state index >= 15 is 0 Å². The van der Waals surface area contributed by atoms with E-state index in [0.29, 0.717) is 18.8 Å². The highest BCUT2D eigenvalue weighted by Crippen LogP contribution is 2.31. The first-order valence-electron chi connectivity index (χ1n) is 7.12. The maximum atomic E-state index is 14.3. The molecule has 5 heteroatoms. The van der Waals surface area contributed by atoms with Crippen LogP contribution in [0.5, 0.6) is 0 Å². The summed E-state index contributed by atoms with van der Waals surface area (Å²) in [7, 11) is 0. The molecule has 1 saturated heterocycles. The summed E-state index contributed by atoms with van der Waals surface area (Å²) in [4.78, 5) is 13.7. The Morgan fingerprint density at radius 3 is 3.00 bits per heavy atom. The monoisotopic (exact) mass is 279 g/mol. The van der Waals surface area contributed by atoms with Gasteiger partial charge in [0.05, 0.1) is 5.69 Å². The fourth-order valence-corrected chi connectivity index (χ4v) is 2.69. The van der Waals surface area contributed by atoms with Crippen molar-refractivity contribution >= 4 is 11.6 Å². The van der Waals surface area contributed by atoms with Crippen LogP contribution in [0.2, 0.25) is 0 Å². The smallest absolute Gasteiger partial charge is 0.242 e. The zero-order valence-electron chi connectivity index (χ0n) is 12.2. The second kappa shape index (κ2) is 6.22. The third-order valence-electron chi connectivity index (χ3n) is 3.78. The number of anilines is 1. The SMILES string of the molecule is CCNC(C)c1cccc(F)c1N1CCNC(=O)C1C. The van der Waals surface area contributed by atoms with Gasteiger partial charge in [-0.15, -0.1) is 0 Å². The Morgan fingerprint density at radius 1 is 1.55 bits per heavy atom. The standard InChI is InChI=1S/C15H22FN3O/c1-4-17-10(2)12-6-5-7-13(16)14(12)19-9-8-18-15(20)11(19)3/h5-7,10-11,17H,4,8-9H2,1-3H3,(H,18,20). The Kier molecular flexibility index (Phi) is 4.60. The summed E-state index contributed by atoms with van der Waals surface area (Å²) in [5.74, 6) is -0.324. The van der Waals surface area contributed by atoms with Gasteiger partial charge in [-0.05, 0) is 32.0 Å². The highest BCUT2D eigenvalue weighted by atomic mass is 19.1. The average molecular weight is 279 g/mol. The van der Waals surface area contributed by atoms with E-state index < -0.39 is 0 Å². The molecule has 0 bridgehead atoms. The van der Waals surface area contributed by atoms with Gasteiger partial charge < -0.3 is 15.5 Å². The van der Waals surface area contributed by atoms with Gasteiger partial charge >= 0.3 is 0 Å². The van der Waals surface area contributed by atoms with Crippen molar-refractivity contribution in [3.8, 4) is 0 Å². The predicted octanol–water partition coefficient (Wildman–Crippen LogP) is 1.82. The van der Waals surface area contributed by atoms with E-state index in [-0.39, 0.29) is 23.8 Å². The number of halogens is 1. The van der Waals surface area contributed by atoms with Gasteiger partial charge in [0.25, 0.3) is 0 Å². The zero-order valence-corrected chi connectivity index (χ0v) is 12.2. The molecule has 0 spiro atoms. The van der Waals surface area contributed by atoms with E-state index in [0.717, 1.165) is 12.1 Å². The molecule has 110 valence electrons. The Morgan fingerprint density at radius 2 is 2.30 bits per heavy atom. The van der Waals surface area contributed by atoms with Gasteiger partial charge in [-0.2, -0.15) is 0 Å². The van der Waals surface area contributed by atoms with Crippen molar-refractivity contribution in [1.29, 1.82) is 0 Å². The number of carbonyl (C=O) groups is 1. The summed E-state index contributed by atoms with van der Waals surface area (Å²) in [6.45, 7) is 7.82. The van der Waals surface area contributed by atoms with Crippen molar-refractivity contribution in [3.63, 3.8) is 0 Å². The van der Waals surface area contributed by atoms with Crippen LogP contribution in [0.3, 0.4) is 0 Å². The largest absolute Gasteiger partial charge is 0.355 e. The quantitative estimate of drug-likeness (QED) is 0.883. The molecule has 0 radical (unpaired) electrons. The molecule has 1 aliphatic heterocycles. The van der Waals surface area contributed by atoms with Gasteiger partial charge in [-0.1, -0.05) is 19.1 Å². The Bertz CT molecular complexity index is 492. The Labute approximate surface area is 119 Å². The first-order chi connectivity index (χ1) is 9.56. The second-order valence-corrected chi connectivity index (χ2v) is 5.12. The van der Waals surface area contributed by atoms with Gasteiger partial charge in [0.1, 0.15) is 11.9 Å². The van der Waals surface area contributed by atoms with E-state index in [1.807, 2.05) is 31.7 Å². The topological polar surface area (TPSA) is 44.4 Å². The molecule has 2 N–H and O–H groups in total. The van der Waals surface area contributed by atoms with E-state index in [1.165, 1.54) is 6.07 Å². The summed E-state index contributed by atoms with van der Waals surface area (Å²) in [6.07, 6.45) is 0. The highest BCUT2D eigenvalue weighted by Gasteiger charge is 2.29. The van der Waals surface area contributed by atoms with E-state index in [1.54, 1.807) is 6.07 Å². The number of rotatable bonds is 4. The summed E-state index contributed by atoms with van der Waals surface area (Å²) in [5.41, 5.74) is 1.44. The number of carbonyl (C=O) groups excluding carboxylic acids is 1. The lowest BCUT2D eigenvalue weighted by molar-refractivity contribution is -0.122. The van der Waals surface area contributed by atoms with Crippen LogP contribution < -0.4 is 15.5 Å². The molecule has 2 rings (SSSR count). The third kappa shape index (κ3) is 2.77. The zero-order chi connectivity index (χ0) is 14.7. The molecule has 2 unspecified atom stereocenters. The number of hydrogen-bond acceptors (Lipinski definition) is 3. The lowest BCUT2D eigenvalue weighted by atomic mass is 10.0. The minimum atomic E-state index is -0.353. The first kappa shape index (κ1) is 14.8. The van der Waals surface area contributed by atoms with Crippen molar-refractivity contribution < 1.29 is 9.18 Å². The minimum Gasteiger partial charge on any atom is -0.355 e. The molecule has 2 atom stereocenters. The average Bonchev–Trinajstić information content (AvgIpc) is 2.42. The number of hydrogen-bond donors (Lipinski definition) is 2. The number of amides is 1. The fourth-order valence-electron chi connectivity index (χ4n) is 2.69. The van der Waals surface area contributed by atoms with E-state index in [9.17, 15) is 9.18 Å². The van der Waals surface area contributed by atoms with E-state index in [4.69, 9.17) is 0 Å². The van der Waals surface area contributed by atoms with Crippen molar-refractivity contribution in [2.24, 2.45) is 0 Å².